The van der Waals surface area contributed by atoms with Crippen molar-refractivity contribution in [2.24, 2.45) is 0 Å². The van der Waals surface area contributed by atoms with E-state index in [4.69, 9.17) is 4.55 Å². The van der Waals surface area contributed by atoms with Crippen molar-refractivity contribution in [3.05, 3.63) is 12.7 Å². The van der Waals surface area contributed by atoms with E-state index in [0.29, 0.717) is 25.8 Å². The molecule has 0 fully saturated rings. The Morgan fingerprint density at radius 2 is 2.06 bits per heavy atom. The smallest absolute Gasteiger partial charge is 0.353 e. The summed E-state index contributed by atoms with van der Waals surface area (Å²) in [5, 5.41) is 2.60. The van der Waals surface area contributed by atoms with Gasteiger partial charge in [0.1, 0.15) is 0 Å². The predicted molar refractivity (Wildman–Crippen MR) is 63.8 cm³/mol. The van der Waals surface area contributed by atoms with E-state index >= 15 is 0 Å². The van der Waals surface area contributed by atoms with Gasteiger partial charge in [0.2, 0.25) is 5.91 Å². The third-order valence-corrected chi connectivity index (χ3v) is 2.68. The van der Waals surface area contributed by atoms with E-state index in [9.17, 15) is 13.2 Å². The molecule has 17 heavy (non-hydrogen) atoms. The number of nitrogens with one attached hydrogen (secondary N) is 1. The van der Waals surface area contributed by atoms with Crippen molar-refractivity contribution in [1.82, 2.24) is 5.32 Å². The Balaban J connectivity index is 3.80. The SMILES string of the molecule is C=CC(=O)NCCCCC(C)(C)OS(=O)(=O)O. The van der Waals surface area contributed by atoms with Crippen LogP contribution in [0, 0.1) is 0 Å². The predicted octanol–water partition coefficient (Wildman–Crippen LogP) is 1.06. The summed E-state index contributed by atoms with van der Waals surface area (Å²) in [6.45, 7) is 6.95. The van der Waals surface area contributed by atoms with Gasteiger partial charge in [0.25, 0.3) is 0 Å². The maximum atomic E-state index is 10.8. The first-order valence-electron chi connectivity index (χ1n) is 5.24. The van der Waals surface area contributed by atoms with Gasteiger partial charge in [0, 0.05) is 6.54 Å². The molecular formula is C10H19NO5S. The van der Waals surface area contributed by atoms with Gasteiger partial charge in [0.05, 0.1) is 5.60 Å². The van der Waals surface area contributed by atoms with Gasteiger partial charge in [-0.05, 0) is 39.2 Å². The van der Waals surface area contributed by atoms with Crippen LogP contribution in [0.5, 0.6) is 0 Å². The van der Waals surface area contributed by atoms with E-state index in [-0.39, 0.29) is 5.91 Å². The number of unbranched alkanes of at least 4 members (excludes halogenated alkanes) is 1. The first kappa shape index (κ1) is 16.1. The second-order valence-corrected chi connectivity index (χ2v) is 5.25. The third-order valence-electron chi connectivity index (χ3n) is 2.02. The largest absolute Gasteiger partial charge is 0.397 e. The van der Waals surface area contributed by atoms with Gasteiger partial charge < -0.3 is 5.32 Å². The molecule has 0 aromatic heterocycles. The number of hydrogen-bond acceptors (Lipinski definition) is 4. The minimum absolute atomic E-state index is 0.238. The quantitative estimate of drug-likeness (QED) is 0.389. The lowest BCUT2D eigenvalue weighted by Crippen LogP contribution is -2.28. The number of carbonyl (C=O) groups is 1. The Hall–Kier alpha value is -0.920. The van der Waals surface area contributed by atoms with Crippen LogP contribution < -0.4 is 5.32 Å². The van der Waals surface area contributed by atoms with Crippen LogP contribution in [0.4, 0.5) is 0 Å². The normalized spacial score (nSPS) is 12.2. The molecular weight excluding hydrogens is 246 g/mol. The Morgan fingerprint density at radius 1 is 1.47 bits per heavy atom. The first-order chi connectivity index (χ1) is 7.66. The highest BCUT2D eigenvalue weighted by molar-refractivity contribution is 7.80. The molecule has 0 atom stereocenters. The molecule has 2 N–H and O–H groups in total. The van der Waals surface area contributed by atoms with E-state index < -0.39 is 16.0 Å². The monoisotopic (exact) mass is 265 g/mol. The van der Waals surface area contributed by atoms with E-state index in [1.54, 1.807) is 13.8 Å². The molecule has 0 unspecified atom stereocenters. The Labute approximate surface area is 102 Å². The lowest BCUT2D eigenvalue weighted by Gasteiger charge is -2.22. The van der Waals surface area contributed by atoms with Crippen LogP contribution in [-0.2, 0) is 19.4 Å². The third kappa shape index (κ3) is 9.98. The average Bonchev–Trinajstić information content (AvgIpc) is 2.12. The first-order valence-corrected chi connectivity index (χ1v) is 6.61. The molecule has 0 rings (SSSR count). The molecule has 0 heterocycles. The molecule has 1 amide bonds. The minimum atomic E-state index is -4.42. The van der Waals surface area contributed by atoms with Gasteiger partial charge in [-0.15, -0.1) is 0 Å². The molecule has 0 saturated carbocycles. The van der Waals surface area contributed by atoms with Gasteiger partial charge in [0.15, 0.2) is 0 Å². The van der Waals surface area contributed by atoms with Gasteiger partial charge in [-0.25, -0.2) is 4.18 Å². The molecule has 0 radical (unpaired) electrons. The van der Waals surface area contributed by atoms with Crippen LogP contribution in [-0.4, -0.2) is 31.0 Å². The summed E-state index contributed by atoms with van der Waals surface area (Å²) < 4.78 is 34.1. The van der Waals surface area contributed by atoms with Crippen molar-refractivity contribution in [2.75, 3.05) is 6.54 Å². The molecule has 100 valence electrons. The summed E-state index contributed by atoms with van der Waals surface area (Å²) in [6.07, 6.45) is 3.00. The fourth-order valence-corrected chi connectivity index (χ4v) is 1.94. The summed E-state index contributed by atoms with van der Waals surface area (Å²) >= 11 is 0. The van der Waals surface area contributed by atoms with Gasteiger partial charge in [-0.1, -0.05) is 6.58 Å². The van der Waals surface area contributed by atoms with E-state index in [0.717, 1.165) is 0 Å². The molecule has 0 aromatic rings. The number of carbonyl (C=O) groups excluding carboxylic acids is 1. The molecule has 0 spiro atoms. The minimum Gasteiger partial charge on any atom is -0.353 e. The van der Waals surface area contributed by atoms with E-state index in [1.165, 1.54) is 6.08 Å². The standard InChI is InChI=1S/C10H19NO5S/c1-4-9(12)11-8-6-5-7-10(2,3)16-17(13,14)15/h4H,1,5-8H2,2-3H3,(H,11,12)(H,13,14,15). The summed E-state index contributed by atoms with van der Waals surface area (Å²) in [7, 11) is -4.42. The van der Waals surface area contributed by atoms with Crippen LogP contribution >= 0.6 is 0 Å². The zero-order valence-corrected chi connectivity index (χ0v) is 10.9. The van der Waals surface area contributed by atoms with E-state index in [1.807, 2.05) is 0 Å². The van der Waals surface area contributed by atoms with Crippen molar-refractivity contribution >= 4 is 16.3 Å². The molecule has 0 aliphatic rings. The van der Waals surface area contributed by atoms with Crippen LogP contribution in [0.2, 0.25) is 0 Å². The number of hydrogen-bond donors (Lipinski definition) is 2. The highest BCUT2D eigenvalue weighted by Gasteiger charge is 2.24. The zero-order valence-electron chi connectivity index (χ0n) is 10.1. The van der Waals surface area contributed by atoms with Crippen molar-refractivity contribution in [1.29, 1.82) is 0 Å². The van der Waals surface area contributed by atoms with Crippen LogP contribution in [0.15, 0.2) is 12.7 Å². The Morgan fingerprint density at radius 3 is 2.53 bits per heavy atom. The summed E-state index contributed by atoms with van der Waals surface area (Å²) in [5.41, 5.74) is -0.948. The summed E-state index contributed by atoms with van der Waals surface area (Å²) in [6, 6.07) is 0. The lowest BCUT2D eigenvalue weighted by molar-refractivity contribution is -0.116. The molecule has 6 nitrogen and oxygen atoms in total. The second kappa shape index (κ2) is 6.73. The summed E-state index contributed by atoms with van der Waals surface area (Å²) in [4.78, 5) is 10.8. The molecule has 0 aromatic carbocycles. The van der Waals surface area contributed by atoms with Crippen molar-refractivity contribution < 1.29 is 21.9 Å². The Kier molecular flexibility index (Phi) is 6.36. The van der Waals surface area contributed by atoms with Crippen LogP contribution in [0.3, 0.4) is 0 Å². The molecule has 0 aliphatic carbocycles. The fraction of sp³-hybridized carbons (Fsp3) is 0.700. The van der Waals surface area contributed by atoms with Crippen LogP contribution in [0.25, 0.3) is 0 Å². The van der Waals surface area contributed by atoms with Gasteiger partial charge in [-0.3, -0.25) is 9.35 Å². The maximum absolute atomic E-state index is 10.8. The van der Waals surface area contributed by atoms with Crippen molar-refractivity contribution in [3.63, 3.8) is 0 Å². The molecule has 0 bridgehead atoms. The van der Waals surface area contributed by atoms with Crippen molar-refractivity contribution in [3.8, 4) is 0 Å². The van der Waals surface area contributed by atoms with Gasteiger partial charge >= 0.3 is 10.4 Å². The second-order valence-electron chi connectivity index (χ2n) is 4.22. The van der Waals surface area contributed by atoms with Crippen molar-refractivity contribution in [2.45, 2.75) is 38.7 Å². The molecule has 0 aliphatic heterocycles. The zero-order chi connectivity index (χ0) is 13.5. The molecule has 0 saturated heterocycles. The number of amides is 1. The maximum Gasteiger partial charge on any atom is 0.397 e. The fourth-order valence-electron chi connectivity index (χ4n) is 1.29. The highest BCUT2D eigenvalue weighted by atomic mass is 32.3. The Bertz CT molecular complexity index is 361. The average molecular weight is 265 g/mol. The van der Waals surface area contributed by atoms with E-state index in [2.05, 4.69) is 16.1 Å². The highest BCUT2D eigenvalue weighted by Crippen LogP contribution is 2.19. The summed E-state index contributed by atoms with van der Waals surface area (Å²) in [5.74, 6) is -0.238. The topological polar surface area (TPSA) is 92.7 Å². The van der Waals surface area contributed by atoms with Gasteiger partial charge in [-0.2, -0.15) is 8.42 Å². The van der Waals surface area contributed by atoms with Crippen LogP contribution in [0.1, 0.15) is 33.1 Å². The lowest BCUT2D eigenvalue weighted by atomic mass is 10.0. The molecule has 7 heteroatoms. The number of rotatable bonds is 8.